The van der Waals surface area contributed by atoms with Crippen LogP contribution in [0.1, 0.15) is 17.0 Å². The van der Waals surface area contributed by atoms with Crippen LogP contribution in [0, 0.1) is 0 Å². The van der Waals surface area contributed by atoms with Crippen LogP contribution in [-0.4, -0.2) is 48.0 Å². The lowest BCUT2D eigenvalue weighted by Gasteiger charge is -2.13. The first-order valence-electron chi connectivity index (χ1n) is 10.1. The van der Waals surface area contributed by atoms with E-state index in [0.29, 0.717) is 0 Å². The van der Waals surface area contributed by atoms with E-state index < -0.39 is 12.1 Å². The van der Waals surface area contributed by atoms with Gasteiger partial charge in [0, 0.05) is 62.6 Å². The van der Waals surface area contributed by atoms with E-state index in [1.54, 1.807) is 0 Å². The Morgan fingerprint density at radius 1 is 1.09 bits per heavy atom. The number of carboxylic acids is 1. The zero-order valence-corrected chi connectivity index (χ0v) is 17.4. The normalized spacial score (nSPS) is 13.4. The maximum absolute atomic E-state index is 10.6. The molecule has 1 aliphatic rings. The van der Waals surface area contributed by atoms with Gasteiger partial charge in [0.15, 0.2) is 0 Å². The molecule has 0 aromatic carbocycles. The van der Waals surface area contributed by atoms with Gasteiger partial charge in [-0.15, -0.1) is 0 Å². The molecule has 0 fully saturated rings. The number of hydrogen-bond donors (Lipinski definition) is 1. The van der Waals surface area contributed by atoms with Crippen LogP contribution in [-0.2, 0) is 24.3 Å². The Morgan fingerprint density at radius 2 is 1.91 bits per heavy atom. The lowest BCUT2D eigenvalue weighted by Crippen LogP contribution is -2.21. The Bertz CT molecular complexity index is 1220. The number of rotatable bonds is 4. The summed E-state index contributed by atoms with van der Waals surface area (Å²) in [5.41, 5.74) is 7.06. The van der Waals surface area contributed by atoms with Gasteiger partial charge >= 0.3 is 12.1 Å². The monoisotopic (exact) mass is 455 g/mol. The predicted molar refractivity (Wildman–Crippen MR) is 114 cm³/mol. The van der Waals surface area contributed by atoms with Gasteiger partial charge < -0.3 is 9.51 Å². The van der Waals surface area contributed by atoms with E-state index >= 15 is 0 Å². The molecule has 0 atom stereocenters. The molecule has 5 heterocycles. The van der Waals surface area contributed by atoms with Crippen LogP contribution in [0.4, 0.5) is 13.2 Å². The number of fused-ring (bicyclic) bond motifs is 2. The predicted octanol–water partition coefficient (Wildman–Crippen LogP) is 3.98. The van der Waals surface area contributed by atoms with Crippen LogP contribution in [0.25, 0.3) is 16.8 Å². The molecule has 4 aromatic rings. The summed E-state index contributed by atoms with van der Waals surface area (Å²) in [5, 5.41) is 7.12. The molecule has 0 amide bonds. The minimum Gasteiger partial charge on any atom is -0.475 e. The maximum Gasteiger partial charge on any atom is 0.490 e. The van der Waals surface area contributed by atoms with Crippen molar-refractivity contribution in [1.82, 2.24) is 24.3 Å². The van der Waals surface area contributed by atoms with E-state index in [-0.39, 0.29) is 0 Å². The summed E-state index contributed by atoms with van der Waals surface area (Å²) in [6, 6.07) is 12.3. The number of hydrogen-bond acceptors (Lipinski definition) is 5. The van der Waals surface area contributed by atoms with Gasteiger partial charge in [0.2, 0.25) is 0 Å². The average molecular weight is 455 g/mol. The molecule has 0 bridgehead atoms. The molecule has 10 heteroatoms. The second-order valence-corrected chi connectivity index (χ2v) is 7.49. The number of imidazole rings is 1. The van der Waals surface area contributed by atoms with Crippen LogP contribution in [0.5, 0.6) is 0 Å². The summed E-state index contributed by atoms with van der Waals surface area (Å²) >= 11 is 0. The van der Waals surface area contributed by atoms with E-state index in [2.05, 4.69) is 37.6 Å². The summed E-state index contributed by atoms with van der Waals surface area (Å²) in [5.74, 6) is -2.76. The van der Waals surface area contributed by atoms with Crippen LogP contribution >= 0.6 is 0 Å². The van der Waals surface area contributed by atoms with Crippen molar-refractivity contribution in [3.63, 3.8) is 0 Å². The highest BCUT2D eigenvalue weighted by Gasteiger charge is 2.38. The zero-order valence-electron chi connectivity index (χ0n) is 17.4. The first-order valence-corrected chi connectivity index (χ1v) is 10.1. The SMILES string of the molecule is O=C(O)C(F)(F)F.c1cncc(-c2ccnc3c2CN(CCc2cn4ccccc4n2)C3)c1. The van der Waals surface area contributed by atoms with E-state index in [1.165, 1.54) is 16.8 Å². The Labute approximate surface area is 187 Å². The molecule has 5 rings (SSSR count). The Balaban J connectivity index is 0.000000325. The number of alkyl halides is 3. The Hall–Kier alpha value is -3.79. The van der Waals surface area contributed by atoms with E-state index in [4.69, 9.17) is 14.9 Å². The number of aliphatic carboxylic acids is 1. The average Bonchev–Trinajstić information content (AvgIpc) is 3.41. The number of nitrogens with zero attached hydrogens (tertiary/aromatic N) is 5. The van der Waals surface area contributed by atoms with E-state index in [0.717, 1.165) is 43.0 Å². The number of carboxylic acid groups (broad SMARTS) is 1. The summed E-state index contributed by atoms with van der Waals surface area (Å²) < 4.78 is 33.8. The van der Waals surface area contributed by atoms with Gasteiger partial charge in [-0.05, 0) is 35.4 Å². The Kier molecular flexibility index (Phi) is 6.36. The van der Waals surface area contributed by atoms with Crippen molar-refractivity contribution in [3.05, 3.63) is 84.3 Å². The number of pyridine rings is 3. The molecule has 0 radical (unpaired) electrons. The molecule has 7 nitrogen and oxygen atoms in total. The highest BCUT2D eigenvalue weighted by Crippen LogP contribution is 2.30. The number of carbonyl (C=O) groups is 1. The third kappa shape index (κ3) is 5.35. The smallest absolute Gasteiger partial charge is 0.475 e. The minimum atomic E-state index is -5.08. The molecule has 1 aliphatic heterocycles. The van der Waals surface area contributed by atoms with Crippen molar-refractivity contribution in [2.75, 3.05) is 6.54 Å². The number of halogens is 3. The van der Waals surface area contributed by atoms with Crippen LogP contribution in [0.3, 0.4) is 0 Å². The zero-order chi connectivity index (χ0) is 23.4. The molecular formula is C23H20F3N5O2. The van der Waals surface area contributed by atoms with Crippen molar-refractivity contribution in [2.24, 2.45) is 0 Å². The lowest BCUT2D eigenvalue weighted by atomic mass is 10.0. The summed E-state index contributed by atoms with van der Waals surface area (Å²) in [7, 11) is 0. The molecular weight excluding hydrogens is 435 g/mol. The third-order valence-electron chi connectivity index (χ3n) is 5.21. The summed E-state index contributed by atoms with van der Waals surface area (Å²) in [4.78, 5) is 24.9. The fourth-order valence-corrected chi connectivity index (χ4v) is 3.67. The number of aromatic nitrogens is 4. The first-order chi connectivity index (χ1) is 15.8. The molecule has 0 spiro atoms. The third-order valence-corrected chi connectivity index (χ3v) is 5.21. The minimum absolute atomic E-state index is 0.900. The quantitative estimate of drug-likeness (QED) is 0.501. The van der Waals surface area contributed by atoms with Crippen molar-refractivity contribution in [3.8, 4) is 11.1 Å². The van der Waals surface area contributed by atoms with Crippen LogP contribution < -0.4 is 0 Å². The molecule has 0 aliphatic carbocycles. The van der Waals surface area contributed by atoms with E-state index in [9.17, 15) is 13.2 Å². The molecule has 0 saturated heterocycles. The standard InChI is InChI=1S/C21H19N5.C2HF3O2/c1-2-10-26-13-17(24-21(26)5-1)7-11-25-14-19-18(6-9-23-20(19)15-25)16-4-3-8-22-12-16;3-2(4,5)1(6)7/h1-6,8-10,12-13H,7,11,14-15H2;(H,6,7). The lowest BCUT2D eigenvalue weighted by molar-refractivity contribution is -0.192. The van der Waals surface area contributed by atoms with Crippen molar-refractivity contribution in [1.29, 1.82) is 0 Å². The van der Waals surface area contributed by atoms with Gasteiger partial charge in [-0.25, -0.2) is 9.78 Å². The van der Waals surface area contributed by atoms with E-state index in [1.807, 2.05) is 49.1 Å². The van der Waals surface area contributed by atoms with Gasteiger partial charge in [0.1, 0.15) is 5.65 Å². The Morgan fingerprint density at radius 3 is 2.61 bits per heavy atom. The summed E-state index contributed by atoms with van der Waals surface area (Å²) in [6.07, 6.45) is 5.67. The second kappa shape index (κ2) is 9.37. The van der Waals surface area contributed by atoms with Gasteiger partial charge in [-0.2, -0.15) is 13.2 Å². The first kappa shape index (κ1) is 22.4. The maximum atomic E-state index is 10.6. The van der Waals surface area contributed by atoms with Crippen molar-refractivity contribution >= 4 is 11.6 Å². The molecule has 170 valence electrons. The van der Waals surface area contributed by atoms with Crippen molar-refractivity contribution < 1.29 is 23.1 Å². The molecule has 4 aromatic heterocycles. The molecule has 0 saturated carbocycles. The second-order valence-electron chi connectivity index (χ2n) is 7.49. The van der Waals surface area contributed by atoms with Crippen molar-refractivity contribution in [2.45, 2.75) is 25.7 Å². The van der Waals surface area contributed by atoms with Gasteiger partial charge in [0.05, 0.1) is 11.4 Å². The molecule has 0 unspecified atom stereocenters. The van der Waals surface area contributed by atoms with Crippen LogP contribution in [0.15, 0.2) is 67.4 Å². The summed E-state index contributed by atoms with van der Waals surface area (Å²) in [6.45, 7) is 2.81. The van der Waals surface area contributed by atoms with Crippen LogP contribution in [0.2, 0.25) is 0 Å². The van der Waals surface area contributed by atoms with Gasteiger partial charge in [0.25, 0.3) is 0 Å². The highest BCUT2D eigenvalue weighted by atomic mass is 19.4. The molecule has 33 heavy (non-hydrogen) atoms. The fraction of sp³-hybridized carbons (Fsp3) is 0.217. The van der Waals surface area contributed by atoms with Gasteiger partial charge in [-0.1, -0.05) is 12.1 Å². The molecule has 1 N–H and O–H groups in total. The van der Waals surface area contributed by atoms with Gasteiger partial charge in [-0.3, -0.25) is 14.9 Å². The largest absolute Gasteiger partial charge is 0.490 e. The fourth-order valence-electron chi connectivity index (χ4n) is 3.67. The highest BCUT2D eigenvalue weighted by molar-refractivity contribution is 5.73. The topological polar surface area (TPSA) is 83.6 Å².